The summed E-state index contributed by atoms with van der Waals surface area (Å²) in [6, 6.07) is 0. The number of hydrogen-bond donors (Lipinski definition) is 2. The van der Waals surface area contributed by atoms with E-state index in [1.807, 2.05) is 0 Å². The summed E-state index contributed by atoms with van der Waals surface area (Å²) < 4.78 is 22.1. The van der Waals surface area contributed by atoms with Gasteiger partial charge < -0.3 is 29.2 Å². The minimum atomic E-state index is -0.172. The van der Waals surface area contributed by atoms with Crippen molar-refractivity contribution in [1.29, 1.82) is 0 Å². The molecule has 0 aromatic carbocycles. The second kappa shape index (κ2) is 9.02. The number of aliphatic hydroxyl groups excluding tert-OH is 2. The van der Waals surface area contributed by atoms with Gasteiger partial charge in [0.2, 0.25) is 0 Å². The Bertz CT molecular complexity index is 287. The summed E-state index contributed by atoms with van der Waals surface area (Å²) in [4.78, 5) is 0. The van der Waals surface area contributed by atoms with Crippen molar-refractivity contribution in [2.24, 2.45) is 5.92 Å². The summed E-state index contributed by atoms with van der Waals surface area (Å²) in [6.45, 7) is 3.18. The first-order chi connectivity index (χ1) is 10.2. The number of rotatable bonds is 9. The molecule has 2 fully saturated rings. The summed E-state index contributed by atoms with van der Waals surface area (Å²) >= 11 is 0. The van der Waals surface area contributed by atoms with Gasteiger partial charge >= 0.3 is 0 Å². The topological polar surface area (TPSA) is 77.4 Å². The Morgan fingerprint density at radius 2 is 1.67 bits per heavy atom. The third kappa shape index (κ3) is 5.47. The van der Waals surface area contributed by atoms with Crippen LogP contribution >= 0.6 is 0 Å². The number of aliphatic hydroxyl groups is 2. The molecule has 2 aliphatic heterocycles. The van der Waals surface area contributed by atoms with Crippen molar-refractivity contribution < 1.29 is 29.2 Å². The van der Waals surface area contributed by atoms with Crippen LogP contribution in [0.15, 0.2) is 0 Å². The molecule has 0 amide bonds. The standard InChI is InChI=1S/C15H28O6/c1-11(15-19-10-13(8-17)21-15)5-3-2-4-6-14-18-9-12(7-16)20-14/h11-17H,2-10H2,1H3. The number of ether oxygens (including phenoxy) is 4. The van der Waals surface area contributed by atoms with Gasteiger partial charge in [-0.1, -0.05) is 19.8 Å². The Kier molecular flexibility index (Phi) is 7.36. The predicted octanol–water partition coefficient (Wildman–Crippen LogP) is 1.04. The van der Waals surface area contributed by atoms with Crippen LogP contribution in [0.1, 0.15) is 39.0 Å². The summed E-state index contributed by atoms with van der Waals surface area (Å²) in [7, 11) is 0. The SMILES string of the molecule is CC(CCCCCC1OCC(CO)O1)C1OCC(CO)O1. The number of unbranched alkanes of at least 4 members (excludes halogenated alkanes) is 2. The first-order valence-corrected chi connectivity index (χ1v) is 7.98. The molecule has 0 radical (unpaired) electrons. The Morgan fingerprint density at radius 3 is 2.33 bits per heavy atom. The fraction of sp³-hybridized carbons (Fsp3) is 1.00. The van der Waals surface area contributed by atoms with Crippen molar-refractivity contribution in [3.05, 3.63) is 0 Å². The van der Waals surface area contributed by atoms with Gasteiger partial charge in [-0.25, -0.2) is 0 Å². The average molecular weight is 304 g/mol. The predicted molar refractivity (Wildman–Crippen MR) is 75.6 cm³/mol. The molecular weight excluding hydrogens is 276 g/mol. The van der Waals surface area contributed by atoms with Crippen LogP contribution in [-0.4, -0.2) is 61.4 Å². The second-order valence-electron chi connectivity index (χ2n) is 5.96. The fourth-order valence-corrected chi connectivity index (χ4v) is 2.71. The van der Waals surface area contributed by atoms with Crippen LogP contribution in [0.2, 0.25) is 0 Å². The molecule has 2 rings (SSSR count). The summed E-state index contributed by atoms with van der Waals surface area (Å²) in [5.74, 6) is 0.347. The van der Waals surface area contributed by atoms with Gasteiger partial charge in [-0.15, -0.1) is 0 Å². The highest BCUT2D eigenvalue weighted by molar-refractivity contribution is 4.69. The van der Waals surface area contributed by atoms with Crippen LogP contribution in [0, 0.1) is 5.92 Å². The highest BCUT2D eigenvalue weighted by atomic mass is 16.7. The van der Waals surface area contributed by atoms with E-state index in [9.17, 15) is 0 Å². The Morgan fingerprint density at radius 1 is 0.952 bits per heavy atom. The van der Waals surface area contributed by atoms with Crippen molar-refractivity contribution in [2.75, 3.05) is 26.4 Å². The lowest BCUT2D eigenvalue weighted by molar-refractivity contribution is -0.0994. The maximum atomic E-state index is 9.01. The van der Waals surface area contributed by atoms with Gasteiger partial charge in [0.15, 0.2) is 12.6 Å². The summed E-state index contributed by atoms with van der Waals surface area (Å²) in [6.07, 6.45) is 4.60. The molecule has 6 nitrogen and oxygen atoms in total. The van der Waals surface area contributed by atoms with E-state index in [0.29, 0.717) is 19.1 Å². The quantitative estimate of drug-likeness (QED) is 0.620. The molecule has 0 aromatic heterocycles. The first-order valence-electron chi connectivity index (χ1n) is 7.98. The van der Waals surface area contributed by atoms with E-state index in [2.05, 4.69) is 6.92 Å². The monoisotopic (exact) mass is 304 g/mol. The minimum absolute atomic E-state index is 0.0272. The van der Waals surface area contributed by atoms with Gasteiger partial charge in [-0.05, 0) is 19.3 Å². The van der Waals surface area contributed by atoms with E-state index in [-0.39, 0.29) is 38.0 Å². The summed E-state index contributed by atoms with van der Waals surface area (Å²) in [5, 5.41) is 18.0. The van der Waals surface area contributed by atoms with Crippen LogP contribution in [0.4, 0.5) is 0 Å². The molecule has 2 aliphatic rings. The van der Waals surface area contributed by atoms with Gasteiger partial charge in [0.25, 0.3) is 0 Å². The highest BCUT2D eigenvalue weighted by Gasteiger charge is 2.29. The largest absolute Gasteiger partial charge is 0.394 e. The van der Waals surface area contributed by atoms with Gasteiger partial charge in [0, 0.05) is 5.92 Å². The Hall–Kier alpha value is -0.240. The lowest BCUT2D eigenvalue weighted by atomic mass is 10.0. The third-order valence-corrected chi connectivity index (χ3v) is 4.06. The van der Waals surface area contributed by atoms with E-state index in [1.54, 1.807) is 0 Å². The van der Waals surface area contributed by atoms with Crippen molar-refractivity contribution >= 4 is 0 Å². The molecule has 124 valence electrons. The van der Waals surface area contributed by atoms with Gasteiger partial charge in [0.05, 0.1) is 26.4 Å². The van der Waals surface area contributed by atoms with Gasteiger partial charge in [-0.2, -0.15) is 0 Å². The zero-order valence-electron chi connectivity index (χ0n) is 12.8. The molecule has 2 heterocycles. The van der Waals surface area contributed by atoms with Crippen molar-refractivity contribution in [3.63, 3.8) is 0 Å². The molecule has 0 spiro atoms. The van der Waals surface area contributed by atoms with E-state index in [1.165, 1.54) is 0 Å². The second-order valence-corrected chi connectivity index (χ2v) is 5.96. The van der Waals surface area contributed by atoms with E-state index < -0.39 is 0 Å². The van der Waals surface area contributed by atoms with Crippen molar-refractivity contribution in [1.82, 2.24) is 0 Å². The molecule has 5 unspecified atom stereocenters. The number of hydrogen-bond acceptors (Lipinski definition) is 6. The molecule has 21 heavy (non-hydrogen) atoms. The maximum absolute atomic E-state index is 9.01. The van der Waals surface area contributed by atoms with Crippen LogP contribution < -0.4 is 0 Å². The fourth-order valence-electron chi connectivity index (χ4n) is 2.71. The lowest BCUT2D eigenvalue weighted by Crippen LogP contribution is -2.21. The molecule has 0 aromatic rings. The van der Waals surface area contributed by atoms with E-state index in [4.69, 9.17) is 29.2 Å². The molecule has 6 heteroatoms. The van der Waals surface area contributed by atoms with Gasteiger partial charge in [-0.3, -0.25) is 0 Å². The van der Waals surface area contributed by atoms with Crippen molar-refractivity contribution in [3.8, 4) is 0 Å². The normalized spacial score (nSPS) is 34.4. The molecular formula is C15H28O6. The lowest BCUT2D eigenvalue weighted by Gasteiger charge is -2.18. The van der Waals surface area contributed by atoms with Crippen LogP contribution in [-0.2, 0) is 18.9 Å². The smallest absolute Gasteiger partial charge is 0.160 e. The van der Waals surface area contributed by atoms with E-state index in [0.717, 1.165) is 32.1 Å². The van der Waals surface area contributed by atoms with E-state index >= 15 is 0 Å². The van der Waals surface area contributed by atoms with Crippen LogP contribution in [0.25, 0.3) is 0 Å². The minimum Gasteiger partial charge on any atom is -0.394 e. The molecule has 5 atom stereocenters. The molecule has 2 saturated heterocycles. The molecule has 2 N–H and O–H groups in total. The zero-order chi connectivity index (χ0) is 15.1. The third-order valence-electron chi connectivity index (χ3n) is 4.06. The Balaban J connectivity index is 1.48. The summed E-state index contributed by atoms with van der Waals surface area (Å²) in [5.41, 5.74) is 0. The molecule has 0 aliphatic carbocycles. The molecule has 0 bridgehead atoms. The highest BCUT2D eigenvalue weighted by Crippen LogP contribution is 2.24. The molecule has 0 saturated carbocycles. The van der Waals surface area contributed by atoms with Crippen LogP contribution in [0.3, 0.4) is 0 Å². The average Bonchev–Trinajstić information content (AvgIpc) is 3.15. The van der Waals surface area contributed by atoms with Gasteiger partial charge in [0.1, 0.15) is 12.2 Å². The first kappa shape index (κ1) is 17.1. The zero-order valence-corrected chi connectivity index (χ0v) is 12.8. The maximum Gasteiger partial charge on any atom is 0.160 e. The van der Waals surface area contributed by atoms with Crippen LogP contribution in [0.5, 0.6) is 0 Å². The Labute approximate surface area is 126 Å². The van der Waals surface area contributed by atoms with Crippen molar-refractivity contribution in [2.45, 2.75) is 63.8 Å².